The SMILES string of the molecule is Clc1c(N(c2ccccc2)c2ccccc2)cccc1N(c1ccccc1)c1ccc2oc3ccccc3c2c1.Clc1cccc(N(c2ccccc2)c2ccccc2)c1Cl.c1ccc(Nc2ccc3oc4ccccc4c3c2)cc1. The average molecular weight is 1110 g/mol. The minimum Gasteiger partial charge on any atom is -0.456 e. The van der Waals surface area contributed by atoms with Crippen LogP contribution in [0.3, 0.4) is 0 Å². The van der Waals surface area contributed by atoms with E-state index in [1.54, 1.807) is 6.07 Å². The first-order chi connectivity index (χ1) is 39.9. The molecule has 14 aromatic rings. The van der Waals surface area contributed by atoms with Gasteiger partial charge < -0.3 is 28.9 Å². The first-order valence-electron chi connectivity index (χ1n) is 26.5. The van der Waals surface area contributed by atoms with Crippen LogP contribution in [0.15, 0.2) is 312 Å². The number of anilines is 11. The van der Waals surface area contributed by atoms with Crippen LogP contribution in [-0.4, -0.2) is 0 Å². The second-order valence-electron chi connectivity index (χ2n) is 18.9. The highest BCUT2D eigenvalue weighted by Crippen LogP contribution is 2.48. The third-order valence-corrected chi connectivity index (χ3v) is 14.9. The van der Waals surface area contributed by atoms with Crippen molar-refractivity contribution in [3.05, 3.63) is 318 Å². The van der Waals surface area contributed by atoms with E-state index in [0.717, 1.165) is 106 Å². The Morgan fingerprint density at radius 1 is 0.247 bits per heavy atom. The van der Waals surface area contributed by atoms with Gasteiger partial charge in [0.05, 0.1) is 32.1 Å². The fraction of sp³-hybridized carbons (Fsp3) is 0. The molecule has 0 saturated carbocycles. The van der Waals surface area contributed by atoms with E-state index in [9.17, 15) is 0 Å². The second kappa shape index (κ2) is 24.1. The predicted octanol–water partition coefficient (Wildman–Crippen LogP) is 23.0. The number of halogens is 3. The molecule has 0 spiro atoms. The van der Waals surface area contributed by atoms with Crippen molar-refractivity contribution in [1.82, 2.24) is 0 Å². The van der Waals surface area contributed by atoms with Gasteiger partial charge in [0.15, 0.2) is 0 Å². The lowest BCUT2D eigenvalue weighted by Gasteiger charge is -2.31. The van der Waals surface area contributed by atoms with E-state index < -0.39 is 0 Å². The van der Waals surface area contributed by atoms with E-state index >= 15 is 0 Å². The van der Waals surface area contributed by atoms with Crippen molar-refractivity contribution < 1.29 is 8.83 Å². The van der Waals surface area contributed by atoms with Crippen molar-refractivity contribution in [2.75, 3.05) is 20.0 Å². The molecule has 0 radical (unpaired) electrons. The topological polar surface area (TPSA) is 48.0 Å². The summed E-state index contributed by atoms with van der Waals surface area (Å²) in [6.45, 7) is 0. The summed E-state index contributed by atoms with van der Waals surface area (Å²) in [5, 5.41) is 9.60. The summed E-state index contributed by atoms with van der Waals surface area (Å²) in [5.74, 6) is 0. The lowest BCUT2D eigenvalue weighted by molar-refractivity contribution is 0.668. The zero-order valence-electron chi connectivity index (χ0n) is 43.7. The normalized spacial score (nSPS) is 10.9. The Morgan fingerprint density at radius 3 is 1.05 bits per heavy atom. The largest absolute Gasteiger partial charge is 0.456 e. The van der Waals surface area contributed by atoms with Crippen LogP contribution in [-0.2, 0) is 0 Å². The van der Waals surface area contributed by atoms with Crippen molar-refractivity contribution in [2.24, 2.45) is 0 Å². The van der Waals surface area contributed by atoms with Gasteiger partial charge in [0, 0.05) is 67.0 Å². The molecule has 0 aliphatic rings. The van der Waals surface area contributed by atoms with Crippen LogP contribution in [0.5, 0.6) is 0 Å². The van der Waals surface area contributed by atoms with Gasteiger partial charge in [0.2, 0.25) is 0 Å². The van der Waals surface area contributed by atoms with Gasteiger partial charge in [-0.25, -0.2) is 0 Å². The van der Waals surface area contributed by atoms with Crippen molar-refractivity contribution in [1.29, 1.82) is 0 Å². The molecule has 0 fully saturated rings. The second-order valence-corrected chi connectivity index (χ2v) is 20.1. The van der Waals surface area contributed by atoms with E-state index in [0.29, 0.717) is 15.1 Å². The van der Waals surface area contributed by atoms with Crippen molar-refractivity contribution in [3.63, 3.8) is 0 Å². The molecule has 1 N–H and O–H groups in total. The minimum atomic E-state index is 0.547. The molecule has 14 rings (SSSR count). The number of hydrogen-bond donors (Lipinski definition) is 1. The summed E-state index contributed by atoms with van der Waals surface area (Å²) in [6, 6.07) is 102. The summed E-state index contributed by atoms with van der Waals surface area (Å²) in [7, 11) is 0. The maximum Gasteiger partial charge on any atom is 0.135 e. The van der Waals surface area contributed by atoms with E-state index in [-0.39, 0.29) is 0 Å². The highest BCUT2D eigenvalue weighted by atomic mass is 35.5. The molecule has 6 nitrogen and oxygen atoms in total. The quantitative estimate of drug-likeness (QED) is 0.139. The van der Waals surface area contributed by atoms with Crippen LogP contribution in [0.4, 0.5) is 62.6 Å². The molecule has 0 unspecified atom stereocenters. The fourth-order valence-electron chi connectivity index (χ4n) is 10.0. The predicted molar refractivity (Wildman–Crippen MR) is 343 cm³/mol. The lowest BCUT2D eigenvalue weighted by atomic mass is 10.1. The molecule has 0 amide bonds. The van der Waals surface area contributed by atoms with Crippen LogP contribution in [0.25, 0.3) is 43.9 Å². The van der Waals surface area contributed by atoms with Gasteiger partial charge >= 0.3 is 0 Å². The van der Waals surface area contributed by atoms with Gasteiger partial charge in [0.25, 0.3) is 0 Å². The Bertz CT molecular complexity index is 4290. The first kappa shape index (κ1) is 52.0. The third-order valence-electron chi connectivity index (χ3n) is 13.7. The van der Waals surface area contributed by atoms with Crippen molar-refractivity contribution >= 4 is 141 Å². The molecule has 9 heteroatoms. The Morgan fingerprint density at radius 2 is 0.593 bits per heavy atom. The first-order valence-corrected chi connectivity index (χ1v) is 27.6. The van der Waals surface area contributed by atoms with Crippen LogP contribution < -0.4 is 20.0 Å². The van der Waals surface area contributed by atoms with Gasteiger partial charge in [-0.15, -0.1) is 0 Å². The molecule has 0 atom stereocenters. The average Bonchev–Trinajstić information content (AvgIpc) is 4.33. The molecule has 0 aliphatic heterocycles. The Balaban J connectivity index is 0.000000133. The summed E-state index contributed by atoms with van der Waals surface area (Å²) in [6.07, 6.45) is 0. The third kappa shape index (κ3) is 11.3. The number of nitrogens with one attached hydrogen (secondary N) is 1. The summed E-state index contributed by atoms with van der Waals surface area (Å²) in [5.41, 5.74) is 14.5. The number of rotatable bonds is 11. The Hall–Kier alpha value is -9.69. The number of benzene rings is 12. The number of para-hydroxylation sites is 8. The number of nitrogens with zero attached hydrogens (tertiary/aromatic N) is 3. The van der Waals surface area contributed by atoms with Gasteiger partial charge in [-0.2, -0.15) is 0 Å². The number of hydrogen-bond acceptors (Lipinski definition) is 6. The van der Waals surface area contributed by atoms with Gasteiger partial charge in [0.1, 0.15) is 22.3 Å². The van der Waals surface area contributed by atoms with Crippen molar-refractivity contribution in [3.8, 4) is 0 Å². The minimum absolute atomic E-state index is 0.547. The molecular weight excluding hydrogens is 1060 g/mol. The standard InChI is InChI=1S/C36H25ClN2O.C18H13Cl2N.C18H13NO/c37-36-32(38(26-13-4-1-5-14-26)27-15-6-2-7-16-27)20-12-21-33(36)39(28-17-8-3-9-18-28)29-23-24-35-31(25-29)30-19-10-11-22-34(30)40-35;19-16-12-7-13-17(18(16)20)21(14-8-3-1-4-9-14)15-10-5-2-6-11-15;1-2-6-13(7-3-1)19-14-10-11-18-16(12-14)15-8-4-5-9-17(15)20-18/h1-25H;1-13H;1-12,19H. The van der Waals surface area contributed by atoms with E-state index in [2.05, 4.69) is 117 Å². The summed E-state index contributed by atoms with van der Waals surface area (Å²) >= 11 is 20.0. The highest BCUT2D eigenvalue weighted by molar-refractivity contribution is 6.44. The van der Waals surface area contributed by atoms with Gasteiger partial charge in [-0.1, -0.05) is 193 Å². The molecule has 12 aromatic carbocycles. The zero-order chi connectivity index (χ0) is 54.9. The molecule has 0 bridgehead atoms. The molecule has 392 valence electrons. The van der Waals surface area contributed by atoms with E-state index in [4.69, 9.17) is 43.6 Å². The Kier molecular flexibility index (Phi) is 15.5. The molecule has 81 heavy (non-hydrogen) atoms. The number of fused-ring (bicyclic) bond motifs is 6. The van der Waals surface area contributed by atoms with E-state index in [1.165, 1.54) is 0 Å². The van der Waals surface area contributed by atoms with Gasteiger partial charge in [-0.3, -0.25) is 0 Å². The maximum atomic E-state index is 7.39. The van der Waals surface area contributed by atoms with Crippen LogP contribution in [0, 0.1) is 0 Å². The highest BCUT2D eigenvalue weighted by Gasteiger charge is 2.23. The summed E-state index contributed by atoms with van der Waals surface area (Å²) < 4.78 is 11.9. The fourth-order valence-corrected chi connectivity index (χ4v) is 10.7. The maximum absolute atomic E-state index is 7.39. The molecule has 0 aliphatic carbocycles. The Labute approximate surface area is 485 Å². The van der Waals surface area contributed by atoms with Gasteiger partial charge in [-0.05, 0) is 146 Å². The monoisotopic (exact) mass is 1110 g/mol. The van der Waals surface area contributed by atoms with E-state index in [1.807, 2.05) is 200 Å². The molecule has 2 heterocycles. The van der Waals surface area contributed by atoms with Crippen LogP contribution >= 0.6 is 34.8 Å². The van der Waals surface area contributed by atoms with Crippen LogP contribution in [0.1, 0.15) is 0 Å². The summed E-state index contributed by atoms with van der Waals surface area (Å²) in [4.78, 5) is 6.50. The smallest absolute Gasteiger partial charge is 0.135 e. The molecule has 0 saturated heterocycles. The molecule has 2 aromatic heterocycles. The van der Waals surface area contributed by atoms with Crippen LogP contribution in [0.2, 0.25) is 15.1 Å². The lowest BCUT2D eigenvalue weighted by Crippen LogP contribution is -2.14. The number of furan rings is 2. The molecular formula is C72H51Cl3N4O2. The van der Waals surface area contributed by atoms with Crippen molar-refractivity contribution in [2.45, 2.75) is 0 Å². The zero-order valence-corrected chi connectivity index (χ0v) is 45.9.